The van der Waals surface area contributed by atoms with Crippen molar-refractivity contribution in [3.05, 3.63) is 59.4 Å². The number of piperazine rings is 1. The van der Waals surface area contributed by atoms with Crippen LogP contribution in [0.3, 0.4) is 0 Å². The number of hydrogen-bond donors (Lipinski definition) is 2. The number of anilines is 1. The quantitative estimate of drug-likeness (QED) is 0.430. The normalized spacial score (nSPS) is 18.9. The molecule has 2 heterocycles. The second-order valence-electron chi connectivity index (χ2n) is 10.2. The molecule has 2 aromatic rings. The average molecular weight is 558 g/mol. The minimum absolute atomic E-state index is 0.0468. The number of alkyl carbamates (subject to hydrolysis) is 1. The minimum atomic E-state index is -0.981. The third-order valence-electron chi connectivity index (χ3n) is 7.45. The smallest absolute Gasteiger partial charge is 0.407 e. The van der Waals surface area contributed by atoms with Crippen molar-refractivity contribution in [3.63, 3.8) is 0 Å². The maximum absolute atomic E-state index is 15.4. The summed E-state index contributed by atoms with van der Waals surface area (Å²) >= 11 is 5.37. The zero-order valence-corrected chi connectivity index (χ0v) is 23.4. The van der Waals surface area contributed by atoms with Crippen LogP contribution >= 0.6 is 12.2 Å². The van der Waals surface area contributed by atoms with Crippen molar-refractivity contribution in [2.75, 3.05) is 58.3 Å². The van der Waals surface area contributed by atoms with Crippen LogP contribution in [-0.2, 0) is 21.5 Å². The number of halogens is 1. The van der Waals surface area contributed by atoms with Crippen molar-refractivity contribution >= 4 is 34.9 Å². The Kier molecular flexibility index (Phi) is 8.91. The van der Waals surface area contributed by atoms with Crippen LogP contribution < -0.4 is 20.7 Å². The van der Waals surface area contributed by atoms with Gasteiger partial charge in [0, 0.05) is 32.7 Å². The fraction of sp³-hybridized carbons (Fsp3) is 0.464. The number of hydrogen-bond acceptors (Lipinski definition) is 7. The molecule has 0 bridgehead atoms. The second kappa shape index (κ2) is 12.2. The lowest BCUT2D eigenvalue weighted by atomic mass is 9.73. The Bertz CT molecular complexity index is 1200. The van der Waals surface area contributed by atoms with Gasteiger partial charge in [-0.2, -0.15) is 0 Å². The van der Waals surface area contributed by atoms with E-state index in [2.05, 4.69) is 10.2 Å². The van der Waals surface area contributed by atoms with Crippen molar-refractivity contribution in [3.8, 4) is 5.75 Å². The number of benzene rings is 2. The van der Waals surface area contributed by atoms with E-state index in [1.807, 2.05) is 50.2 Å². The van der Waals surface area contributed by atoms with Gasteiger partial charge < -0.3 is 35.2 Å². The summed E-state index contributed by atoms with van der Waals surface area (Å²) in [5.41, 5.74) is 7.33. The number of nitrogens with one attached hydrogen (secondary N) is 1. The van der Waals surface area contributed by atoms with Crippen LogP contribution in [0.2, 0.25) is 0 Å². The SMILES string of the molecule is CCC(C(N)=S)(c1ccc(N2CCN(C(=O)COc3ccc(CN(C)C)cc3)CC2)c(F)c1)C1CNC(=O)O1. The Morgan fingerprint density at radius 3 is 2.44 bits per heavy atom. The first-order valence-corrected chi connectivity index (χ1v) is 13.5. The highest BCUT2D eigenvalue weighted by molar-refractivity contribution is 7.80. The van der Waals surface area contributed by atoms with Crippen molar-refractivity contribution in [1.82, 2.24) is 15.1 Å². The van der Waals surface area contributed by atoms with Crippen molar-refractivity contribution < 1.29 is 23.5 Å². The summed E-state index contributed by atoms with van der Waals surface area (Å²) in [6, 6.07) is 12.6. The first-order chi connectivity index (χ1) is 18.6. The maximum Gasteiger partial charge on any atom is 0.407 e. The molecular formula is C28H36FN5O4S. The molecule has 9 nitrogen and oxygen atoms in total. The van der Waals surface area contributed by atoms with E-state index >= 15 is 4.39 Å². The molecular weight excluding hydrogens is 521 g/mol. The van der Waals surface area contributed by atoms with Gasteiger partial charge in [0.25, 0.3) is 5.91 Å². The summed E-state index contributed by atoms with van der Waals surface area (Å²) < 4.78 is 26.6. The molecule has 0 aliphatic carbocycles. The van der Waals surface area contributed by atoms with Crippen LogP contribution in [0.5, 0.6) is 5.75 Å². The molecule has 11 heteroatoms. The van der Waals surface area contributed by atoms with Gasteiger partial charge in [-0.3, -0.25) is 4.79 Å². The average Bonchev–Trinajstić information content (AvgIpc) is 3.35. The number of amides is 2. The molecule has 2 aliphatic rings. The standard InChI is InChI=1S/C28H36FN5O4S/c1-4-28(26(30)39,24-16-31-27(36)38-24)20-7-10-23(22(29)15-20)33-11-13-34(14-12-33)25(35)18-37-21-8-5-19(6-9-21)17-32(2)3/h5-10,15,24H,4,11-14,16-18H2,1-3H3,(H2,30,39)(H,31,36). The number of carbonyl (C=O) groups excluding carboxylic acids is 2. The molecule has 39 heavy (non-hydrogen) atoms. The van der Waals surface area contributed by atoms with Crippen LogP contribution in [0.1, 0.15) is 24.5 Å². The Labute approximate surface area is 234 Å². The highest BCUT2D eigenvalue weighted by Crippen LogP contribution is 2.37. The van der Waals surface area contributed by atoms with Gasteiger partial charge in [0.2, 0.25) is 0 Å². The van der Waals surface area contributed by atoms with E-state index < -0.39 is 23.4 Å². The van der Waals surface area contributed by atoms with Crippen molar-refractivity contribution in [2.45, 2.75) is 31.4 Å². The van der Waals surface area contributed by atoms with Crippen molar-refractivity contribution in [2.24, 2.45) is 5.73 Å². The van der Waals surface area contributed by atoms with E-state index in [-0.39, 0.29) is 24.0 Å². The van der Waals surface area contributed by atoms with E-state index in [4.69, 9.17) is 27.4 Å². The van der Waals surface area contributed by atoms with Gasteiger partial charge in [-0.15, -0.1) is 0 Å². The Hall–Kier alpha value is -3.44. The lowest BCUT2D eigenvalue weighted by Crippen LogP contribution is -2.51. The van der Waals surface area contributed by atoms with Crippen LogP contribution in [0.15, 0.2) is 42.5 Å². The summed E-state index contributed by atoms with van der Waals surface area (Å²) in [7, 11) is 4.02. The lowest BCUT2D eigenvalue weighted by molar-refractivity contribution is -0.133. The molecule has 3 N–H and O–H groups in total. The zero-order chi connectivity index (χ0) is 28.2. The number of rotatable bonds is 10. The third kappa shape index (κ3) is 6.25. The van der Waals surface area contributed by atoms with Gasteiger partial charge in [-0.1, -0.05) is 37.3 Å². The summed E-state index contributed by atoms with van der Waals surface area (Å²) in [5, 5.41) is 2.63. The molecule has 2 atom stereocenters. The molecule has 0 spiro atoms. The zero-order valence-electron chi connectivity index (χ0n) is 22.6. The van der Waals surface area contributed by atoms with Crippen LogP contribution in [0.25, 0.3) is 0 Å². The maximum atomic E-state index is 15.4. The monoisotopic (exact) mass is 557 g/mol. The molecule has 0 radical (unpaired) electrons. The number of ether oxygens (including phenoxy) is 2. The highest BCUT2D eigenvalue weighted by Gasteiger charge is 2.47. The molecule has 2 amide bonds. The minimum Gasteiger partial charge on any atom is -0.484 e. The molecule has 2 aliphatic heterocycles. The van der Waals surface area contributed by atoms with Gasteiger partial charge in [0.15, 0.2) is 6.61 Å². The fourth-order valence-electron chi connectivity index (χ4n) is 5.29. The molecule has 2 saturated heterocycles. The molecule has 4 rings (SSSR count). The summed E-state index contributed by atoms with van der Waals surface area (Å²) in [6.45, 7) is 4.81. The van der Waals surface area contributed by atoms with Gasteiger partial charge in [0.1, 0.15) is 17.7 Å². The van der Waals surface area contributed by atoms with Crippen LogP contribution in [0.4, 0.5) is 14.9 Å². The highest BCUT2D eigenvalue weighted by atomic mass is 32.1. The Morgan fingerprint density at radius 2 is 1.90 bits per heavy atom. The fourth-order valence-corrected chi connectivity index (χ4v) is 5.68. The van der Waals surface area contributed by atoms with Gasteiger partial charge in [0.05, 0.1) is 22.6 Å². The number of cyclic esters (lactones) is 1. The molecule has 2 fully saturated rings. The first-order valence-electron chi connectivity index (χ1n) is 13.1. The van der Waals surface area contributed by atoms with E-state index in [9.17, 15) is 9.59 Å². The molecule has 210 valence electrons. The predicted octanol–water partition coefficient (Wildman–Crippen LogP) is 2.66. The van der Waals surface area contributed by atoms with Gasteiger partial charge in [-0.25, -0.2) is 9.18 Å². The number of carbonyl (C=O) groups is 2. The first kappa shape index (κ1) is 28.6. The van der Waals surface area contributed by atoms with Gasteiger partial charge in [-0.05, 0) is 55.9 Å². The van der Waals surface area contributed by atoms with E-state index in [1.165, 1.54) is 11.6 Å². The van der Waals surface area contributed by atoms with Crippen LogP contribution in [-0.4, -0.2) is 86.3 Å². The topological polar surface area (TPSA) is 100 Å². The lowest BCUT2D eigenvalue weighted by Gasteiger charge is -2.38. The summed E-state index contributed by atoms with van der Waals surface area (Å²) in [4.78, 5) is 30.3. The Balaban J connectivity index is 1.35. The van der Waals surface area contributed by atoms with E-state index in [0.717, 1.165) is 6.54 Å². The van der Waals surface area contributed by atoms with Crippen LogP contribution in [0, 0.1) is 5.82 Å². The predicted molar refractivity (Wildman–Crippen MR) is 152 cm³/mol. The number of thiocarbonyl (C=S) groups is 1. The number of nitrogens with two attached hydrogens (primary N) is 1. The van der Waals surface area contributed by atoms with E-state index in [0.29, 0.717) is 49.6 Å². The molecule has 0 aromatic heterocycles. The summed E-state index contributed by atoms with van der Waals surface area (Å²) in [5.74, 6) is 0.126. The Morgan fingerprint density at radius 1 is 1.21 bits per heavy atom. The molecule has 2 aromatic carbocycles. The second-order valence-corrected chi connectivity index (χ2v) is 10.6. The largest absolute Gasteiger partial charge is 0.484 e. The van der Waals surface area contributed by atoms with Gasteiger partial charge >= 0.3 is 6.09 Å². The molecule has 2 unspecified atom stereocenters. The number of nitrogens with zero attached hydrogens (tertiary/aromatic N) is 3. The third-order valence-corrected chi connectivity index (χ3v) is 7.81. The summed E-state index contributed by atoms with van der Waals surface area (Å²) in [6.07, 6.45) is -0.712. The van der Waals surface area contributed by atoms with E-state index in [1.54, 1.807) is 17.0 Å². The molecule has 0 saturated carbocycles. The van der Waals surface area contributed by atoms with Crippen molar-refractivity contribution in [1.29, 1.82) is 0 Å².